The summed E-state index contributed by atoms with van der Waals surface area (Å²) in [5.41, 5.74) is 0. The lowest BCUT2D eigenvalue weighted by Crippen LogP contribution is -2.37. The lowest BCUT2D eigenvalue weighted by atomic mass is 9.96. The van der Waals surface area contributed by atoms with Gasteiger partial charge in [-0.2, -0.15) is 0 Å². The monoisotopic (exact) mass is 241 g/mol. The number of carbonyl (C=O) groups excluding carboxylic acids is 1. The van der Waals surface area contributed by atoms with Crippen LogP contribution in [0.5, 0.6) is 0 Å². The van der Waals surface area contributed by atoms with E-state index in [-0.39, 0.29) is 24.9 Å². The van der Waals surface area contributed by atoms with Crippen LogP contribution < -0.4 is 5.32 Å². The van der Waals surface area contributed by atoms with Gasteiger partial charge >= 0.3 is 0 Å². The van der Waals surface area contributed by atoms with Crippen molar-refractivity contribution in [3.05, 3.63) is 6.33 Å². The van der Waals surface area contributed by atoms with Gasteiger partial charge in [0.25, 0.3) is 0 Å². The van der Waals surface area contributed by atoms with E-state index in [1.807, 2.05) is 13.8 Å². The molecule has 0 unspecified atom stereocenters. The first-order valence-corrected chi connectivity index (χ1v) is 5.82. The highest BCUT2D eigenvalue weighted by atomic mass is 16.3. The highest BCUT2D eigenvalue weighted by Crippen LogP contribution is 2.11. The third kappa shape index (κ3) is 4.48. The zero-order valence-electron chi connectivity index (χ0n) is 10.2. The first-order valence-electron chi connectivity index (χ1n) is 5.82. The molecule has 0 aromatic carbocycles. The third-order valence-electron chi connectivity index (χ3n) is 2.80. The molecule has 0 saturated heterocycles. The summed E-state index contributed by atoms with van der Waals surface area (Å²) < 4.78 is 1.33. The molecule has 0 aliphatic heterocycles. The number of nitrogens with one attached hydrogen (secondary N) is 1. The lowest BCUT2D eigenvalue weighted by molar-refractivity contribution is -0.122. The van der Waals surface area contributed by atoms with E-state index in [4.69, 9.17) is 0 Å². The summed E-state index contributed by atoms with van der Waals surface area (Å²) in [4.78, 5) is 11.5. The molecule has 0 aliphatic rings. The predicted molar refractivity (Wildman–Crippen MR) is 60.9 cm³/mol. The van der Waals surface area contributed by atoms with E-state index in [0.717, 1.165) is 12.8 Å². The molecule has 1 atom stereocenters. The second-order valence-electron chi connectivity index (χ2n) is 3.96. The van der Waals surface area contributed by atoms with Crippen LogP contribution in [0.1, 0.15) is 26.7 Å². The molecule has 1 aromatic rings. The maximum atomic E-state index is 11.5. The molecule has 17 heavy (non-hydrogen) atoms. The molecule has 1 amide bonds. The number of aromatic nitrogens is 4. The molecule has 0 fully saturated rings. The molecular weight excluding hydrogens is 222 g/mol. The topological polar surface area (TPSA) is 92.9 Å². The number of aliphatic hydroxyl groups is 1. The van der Waals surface area contributed by atoms with E-state index >= 15 is 0 Å². The Balaban J connectivity index is 2.28. The first-order chi connectivity index (χ1) is 8.17. The van der Waals surface area contributed by atoms with Crippen molar-refractivity contribution < 1.29 is 9.90 Å². The average Bonchev–Trinajstić information content (AvgIpc) is 2.81. The molecule has 1 rings (SSSR count). The minimum absolute atomic E-state index is 0.0721. The van der Waals surface area contributed by atoms with Gasteiger partial charge in [-0.3, -0.25) is 4.79 Å². The van der Waals surface area contributed by atoms with E-state index in [2.05, 4.69) is 20.8 Å². The summed E-state index contributed by atoms with van der Waals surface area (Å²) in [5.74, 6) is 0.0191. The maximum absolute atomic E-state index is 11.5. The Morgan fingerprint density at radius 2 is 2.18 bits per heavy atom. The van der Waals surface area contributed by atoms with Crippen molar-refractivity contribution in [2.24, 2.45) is 5.92 Å². The number of aliphatic hydroxyl groups excluding tert-OH is 1. The third-order valence-corrected chi connectivity index (χ3v) is 2.80. The number of carbonyl (C=O) groups is 1. The molecule has 2 N–H and O–H groups in total. The number of nitrogens with zero attached hydrogens (tertiary/aromatic N) is 4. The molecule has 0 saturated carbocycles. The molecular formula is C10H19N5O2. The average molecular weight is 241 g/mol. The van der Waals surface area contributed by atoms with Crippen LogP contribution in [0, 0.1) is 5.92 Å². The van der Waals surface area contributed by atoms with Gasteiger partial charge in [0.15, 0.2) is 0 Å². The van der Waals surface area contributed by atoms with Crippen molar-refractivity contribution in [1.29, 1.82) is 0 Å². The van der Waals surface area contributed by atoms with Crippen molar-refractivity contribution in [3.63, 3.8) is 0 Å². The Morgan fingerprint density at radius 3 is 2.71 bits per heavy atom. The SMILES string of the molecule is CCC(CC)[C@H](O)CNC(=O)Cn1cnnn1. The Labute approximate surface area is 100 Å². The number of hydrogen-bond acceptors (Lipinski definition) is 5. The fourth-order valence-electron chi connectivity index (χ4n) is 1.67. The smallest absolute Gasteiger partial charge is 0.241 e. The van der Waals surface area contributed by atoms with E-state index in [0.29, 0.717) is 0 Å². The van der Waals surface area contributed by atoms with E-state index < -0.39 is 6.10 Å². The fourth-order valence-corrected chi connectivity index (χ4v) is 1.67. The van der Waals surface area contributed by atoms with Crippen LogP contribution >= 0.6 is 0 Å². The number of hydrogen-bond donors (Lipinski definition) is 2. The van der Waals surface area contributed by atoms with Gasteiger partial charge in [0, 0.05) is 6.54 Å². The first kappa shape index (κ1) is 13.6. The van der Waals surface area contributed by atoms with Crippen LogP contribution in [0.4, 0.5) is 0 Å². The van der Waals surface area contributed by atoms with Crippen molar-refractivity contribution >= 4 is 5.91 Å². The van der Waals surface area contributed by atoms with Crippen LogP contribution in [0.25, 0.3) is 0 Å². The van der Waals surface area contributed by atoms with Crippen molar-refractivity contribution in [3.8, 4) is 0 Å². The normalized spacial score (nSPS) is 12.7. The highest BCUT2D eigenvalue weighted by Gasteiger charge is 2.16. The molecule has 0 aliphatic carbocycles. The van der Waals surface area contributed by atoms with Crippen molar-refractivity contribution in [2.45, 2.75) is 39.3 Å². The van der Waals surface area contributed by atoms with E-state index in [1.165, 1.54) is 11.0 Å². The molecule has 0 radical (unpaired) electrons. The van der Waals surface area contributed by atoms with Gasteiger partial charge in [-0.1, -0.05) is 26.7 Å². The molecule has 7 nitrogen and oxygen atoms in total. The Kier molecular flexibility index (Phi) is 5.55. The van der Waals surface area contributed by atoms with Crippen LogP contribution in [0.15, 0.2) is 6.33 Å². The highest BCUT2D eigenvalue weighted by molar-refractivity contribution is 5.75. The van der Waals surface area contributed by atoms with Crippen molar-refractivity contribution in [1.82, 2.24) is 25.5 Å². The molecule has 96 valence electrons. The van der Waals surface area contributed by atoms with Gasteiger partial charge < -0.3 is 10.4 Å². The van der Waals surface area contributed by atoms with Gasteiger partial charge in [-0.15, -0.1) is 5.10 Å². The molecule has 1 aromatic heterocycles. The summed E-state index contributed by atoms with van der Waals surface area (Å²) in [6.45, 7) is 4.40. The van der Waals surface area contributed by atoms with Crippen LogP contribution in [-0.2, 0) is 11.3 Å². The van der Waals surface area contributed by atoms with Crippen LogP contribution in [0.3, 0.4) is 0 Å². The van der Waals surface area contributed by atoms with Crippen LogP contribution in [-0.4, -0.2) is 43.9 Å². The largest absolute Gasteiger partial charge is 0.391 e. The summed E-state index contributed by atoms with van der Waals surface area (Å²) in [6.07, 6.45) is 2.68. The fraction of sp³-hybridized carbons (Fsp3) is 0.800. The van der Waals surface area contributed by atoms with Crippen molar-refractivity contribution in [2.75, 3.05) is 6.54 Å². The number of rotatable bonds is 7. The van der Waals surface area contributed by atoms with Gasteiger partial charge in [0.2, 0.25) is 5.91 Å². The number of tetrazole rings is 1. The van der Waals surface area contributed by atoms with E-state index in [9.17, 15) is 9.90 Å². The molecule has 0 spiro atoms. The standard InChI is InChI=1S/C10H19N5O2/c1-3-8(4-2)9(16)5-11-10(17)6-15-7-12-13-14-15/h7-9,16H,3-6H2,1-2H3,(H,11,17)/t9-/m1/s1. The van der Waals surface area contributed by atoms with Gasteiger partial charge in [0.1, 0.15) is 12.9 Å². The zero-order valence-corrected chi connectivity index (χ0v) is 10.2. The second-order valence-corrected chi connectivity index (χ2v) is 3.96. The minimum atomic E-state index is -0.497. The van der Waals surface area contributed by atoms with Gasteiger partial charge in [0.05, 0.1) is 6.10 Å². The molecule has 7 heteroatoms. The molecule has 1 heterocycles. The van der Waals surface area contributed by atoms with Crippen LogP contribution in [0.2, 0.25) is 0 Å². The Bertz CT molecular complexity index is 323. The quantitative estimate of drug-likeness (QED) is 0.676. The zero-order chi connectivity index (χ0) is 12.7. The summed E-state index contributed by atoms with van der Waals surface area (Å²) in [7, 11) is 0. The Morgan fingerprint density at radius 1 is 1.47 bits per heavy atom. The summed E-state index contributed by atoms with van der Waals surface area (Å²) >= 11 is 0. The summed E-state index contributed by atoms with van der Waals surface area (Å²) in [5, 5.41) is 22.9. The van der Waals surface area contributed by atoms with E-state index in [1.54, 1.807) is 0 Å². The Hall–Kier alpha value is -1.50. The van der Waals surface area contributed by atoms with Gasteiger partial charge in [-0.05, 0) is 16.3 Å². The molecule has 0 bridgehead atoms. The maximum Gasteiger partial charge on any atom is 0.241 e. The summed E-state index contributed by atoms with van der Waals surface area (Å²) in [6, 6.07) is 0. The van der Waals surface area contributed by atoms with Gasteiger partial charge in [-0.25, -0.2) is 4.68 Å². The predicted octanol–water partition coefficient (Wildman–Crippen LogP) is -0.414. The second kappa shape index (κ2) is 6.95. The number of amides is 1. The minimum Gasteiger partial charge on any atom is -0.391 e. The lowest BCUT2D eigenvalue weighted by Gasteiger charge is -2.20.